The van der Waals surface area contributed by atoms with Crippen molar-refractivity contribution in [3.05, 3.63) is 22.7 Å². The van der Waals surface area contributed by atoms with Gasteiger partial charge in [0, 0.05) is 31.2 Å². The fourth-order valence-corrected chi connectivity index (χ4v) is 1.97. The second-order valence-electron chi connectivity index (χ2n) is 3.40. The Kier molecular flexibility index (Phi) is 4.68. The predicted molar refractivity (Wildman–Crippen MR) is 65.6 cm³/mol. The number of hydrogen-bond donors (Lipinski definition) is 1. The topological polar surface area (TPSA) is 46.9 Å². The van der Waals surface area contributed by atoms with Gasteiger partial charge in [0.2, 0.25) is 0 Å². The third kappa shape index (κ3) is 3.27. The fraction of sp³-hybridized carbons (Fsp3) is 0.600. The van der Waals surface area contributed by atoms with Crippen molar-refractivity contribution in [2.75, 3.05) is 17.3 Å². The summed E-state index contributed by atoms with van der Waals surface area (Å²) in [5.74, 6) is 1.43. The maximum absolute atomic E-state index is 11.7. The highest BCUT2D eigenvalue weighted by Gasteiger charge is 2.08. The minimum Gasteiger partial charge on any atom is -0.362 e. The Morgan fingerprint density at radius 2 is 2.40 bits per heavy atom. The molecule has 0 fully saturated rings. The number of nitrogens with zero attached hydrogens (tertiary/aromatic N) is 2. The third-order valence-electron chi connectivity index (χ3n) is 2.22. The summed E-state index contributed by atoms with van der Waals surface area (Å²) in [5, 5.41) is 3.17. The smallest absolute Gasteiger partial charge is 0.293 e. The van der Waals surface area contributed by atoms with E-state index in [0.29, 0.717) is 11.9 Å². The lowest BCUT2D eigenvalue weighted by atomic mass is 10.2. The first-order chi connectivity index (χ1) is 7.19. The van der Waals surface area contributed by atoms with Crippen LogP contribution >= 0.6 is 11.8 Å². The van der Waals surface area contributed by atoms with Gasteiger partial charge in [-0.1, -0.05) is 6.92 Å². The third-order valence-corrected chi connectivity index (χ3v) is 2.95. The standard InChI is InChI=1S/C10H17N3OS/c1-4-8(7-15-3)12-9-10(14)13(2)6-5-11-9/h5-6,8H,4,7H2,1-3H3,(H,11,12). The molecule has 0 saturated heterocycles. The lowest BCUT2D eigenvalue weighted by Crippen LogP contribution is -2.29. The largest absolute Gasteiger partial charge is 0.362 e. The van der Waals surface area contributed by atoms with Crippen LogP contribution < -0.4 is 10.9 Å². The van der Waals surface area contributed by atoms with E-state index in [9.17, 15) is 4.79 Å². The van der Waals surface area contributed by atoms with Crippen LogP contribution in [-0.4, -0.2) is 27.6 Å². The van der Waals surface area contributed by atoms with E-state index in [4.69, 9.17) is 0 Å². The van der Waals surface area contributed by atoms with Crippen LogP contribution in [0.2, 0.25) is 0 Å². The van der Waals surface area contributed by atoms with E-state index in [1.807, 2.05) is 0 Å². The van der Waals surface area contributed by atoms with Gasteiger partial charge in [-0.2, -0.15) is 11.8 Å². The van der Waals surface area contributed by atoms with Crippen molar-refractivity contribution in [3.8, 4) is 0 Å². The van der Waals surface area contributed by atoms with E-state index < -0.39 is 0 Å². The Morgan fingerprint density at radius 3 is 3.00 bits per heavy atom. The van der Waals surface area contributed by atoms with Crippen LogP contribution in [0.25, 0.3) is 0 Å². The van der Waals surface area contributed by atoms with E-state index in [0.717, 1.165) is 12.2 Å². The van der Waals surface area contributed by atoms with E-state index >= 15 is 0 Å². The van der Waals surface area contributed by atoms with Gasteiger partial charge in [-0.25, -0.2) is 4.98 Å². The molecule has 0 bridgehead atoms. The molecular weight excluding hydrogens is 210 g/mol. The van der Waals surface area contributed by atoms with Crippen LogP contribution in [-0.2, 0) is 7.05 Å². The van der Waals surface area contributed by atoms with Gasteiger partial charge < -0.3 is 9.88 Å². The molecule has 15 heavy (non-hydrogen) atoms. The van der Waals surface area contributed by atoms with Gasteiger partial charge in [-0.3, -0.25) is 4.79 Å². The lowest BCUT2D eigenvalue weighted by molar-refractivity contribution is 0.755. The summed E-state index contributed by atoms with van der Waals surface area (Å²) in [6, 6.07) is 0.308. The summed E-state index contributed by atoms with van der Waals surface area (Å²) < 4.78 is 1.53. The van der Waals surface area contributed by atoms with Crippen LogP contribution in [0, 0.1) is 0 Å². The van der Waals surface area contributed by atoms with Gasteiger partial charge in [0.15, 0.2) is 5.82 Å². The summed E-state index contributed by atoms with van der Waals surface area (Å²) in [5.41, 5.74) is -0.0722. The summed E-state index contributed by atoms with van der Waals surface area (Å²) in [4.78, 5) is 15.7. The molecule has 4 nitrogen and oxygen atoms in total. The zero-order valence-electron chi connectivity index (χ0n) is 9.36. The van der Waals surface area contributed by atoms with Crippen molar-refractivity contribution in [2.24, 2.45) is 7.05 Å². The Bertz CT molecular complexity index is 364. The molecule has 1 atom stereocenters. The molecule has 0 aliphatic heterocycles. The molecule has 1 rings (SSSR count). The normalized spacial score (nSPS) is 12.5. The highest BCUT2D eigenvalue weighted by Crippen LogP contribution is 2.05. The molecule has 0 aromatic carbocycles. The number of hydrogen-bond acceptors (Lipinski definition) is 4. The molecule has 1 N–H and O–H groups in total. The number of thioether (sulfide) groups is 1. The van der Waals surface area contributed by atoms with Crippen molar-refractivity contribution >= 4 is 17.6 Å². The molecule has 5 heteroatoms. The number of rotatable bonds is 5. The first-order valence-corrected chi connectivity index (χ1v) is 6.35. The Balaban J connectivity index is 2.79. The van der Waals surface area contributed by atoms with Crippen molar-refractivity contribution in [1.82, 2.24) is 9.55 Å². The molecule has 1 heterocycles. The first-order valence-electron chi connectivity index (χ1n) is 4.96. The van der Waals surface area contributed by atoms with Gasteiger partial charge in [0.1, 0.15) is 0 Å². The van der Waals surface area contributed by atoms with Gasteiger partial charge >= 0.3 is 0 Å². The average molecular weight is 227 g/mol. The molecular formula is C10H17N3OS. The second-order valence-corrected chi connectivity index (χ2v) is 4.31. The summed E-state index contributed by atoms with van der Waals surface area (Å²) in [6.07, 6.45) is 6.33. The van der Waals surface area contributed by atoms with Crippen LogP contribution in [0.4, 0.5) is 5.82 Å². The van der Waals surface area contributed by atoms with Crippen molar-refractivity contribution in [3.63, 3.8) is 0 Å². The highest BCUT2D eigenvalue weighted by molar-refractivity contribution is 7.98. The minimum atomic E-state index is -0.0722. The summed E-state index contributed by atoms with van der Waals surface area (Å²) in [7, 11) is 1.73. The molecule has 1 aromatic rings. The monoisotopic (exact) mass is 227 g/mol. The van der Waals surface area contributed by atoms with Gasteiger partial charge in [0.05, 0.1) is 0 Å². The predicted octanol–water partition coefficient (Wildman–Crippen LogP) is 1.33. The van der Waals surface area contributed by atoms with Crippen molar-refractivity contribution in [2.45, 2.75) is 19.4 Å². The molecule has 84 valence electrons. The first kappa shape index (κ1) is 12.1. The van der Waals surface area contributed by atoms with Crippen LogP contribution in [0.5, 0.6) is 0 Å². The molecule has 0 saturated carbocycles. The summed E-state index contributed by atoms with van der Waals surface area (Å²) in [6.45, 7) is 2.10. The van der Waals surface area contributed by atoms with Crippen LogP contribution in [0.15, 0.2) is 17.2 Å². The van der Waals surface area contributed by atoms with Crippen LogP contribution in [0.1, 0.15) is 13.3 Å². The molecule has 0 aliphatic carbocycles. The zero-order valence-corrected chi connectivity index (χ0v) is 10.2. The quantitative estimate of drug-likeness (QED) is 0.824. The van der Waals surface area contributed by atoms with Gasteiger partial charge in [-0.15, -0.1) is 0 Å². The molecule has 0 aliphatic rings. The molecule has 0 spiro atoms. The molecule has 1 unspecified atom stereocenters. The van der Waals surface area contributed by atoms with Crippen molar-refractivity contribution in [1.29, 1.82) is 0 Å². The average Bonchev–Trinajstić information content (AvgIpc) is 2.24. The molecule has 0 amide bonds. The number of aromatic nitrogens is 2. The van der Waals surface area contributed by atoms with E-state index in [1.54, 1.807) is 31.2 Å². The fourth-order valence-electron chi connectivity index (χ4n) is 1.25. The van der Waals surface area contributed by atoms with Crippen molar-refractivity contribution < 1.29 is 0 Å². The van der Waals surface area contributed by atoms with Gasteiger partial charge in [-0.05, 0) is 12.7 Å². The zero-order chi connectivity index (χ0) is 11.3. The summed E-state index contributed by atoms with van der Waals surface area (Å²) >= 11 is 1.76. The molecule has 0 radical (unpaired) electrons. The lowest BCUT2D eigenvalue weighted by Gasteiger charge is -2.15. The van der Waals surface area contributed by atoms with E-state index in [-0.39, 0.29) is 5.56 Å². The van der Waals surface area contributed by atoms with E-state index in [2.05, 4.69) is 23.5 Å². The van der Waals surface area contributed by atoms with Gasteiger partial charge in [0.25, 0.3) is 5.56 Å². The number of nitrogens with one attached hydrogen (secondary N) is 1. The van der Waals surface area contributed by atoms with E-state index in [1.165, 1.54) is 4.57 Å². The molecule has 1 aromatic heterocycles. The SMILES string of the molecule is CCC(CSC)Nc1nccn(C)c1=O. The maximum atomic E-state index is 11.7. The maximum Gasteiger partial charge on any atom is 0.293 e. The highest BCUT2D eigenvalue weighted by atomic mass is 32.2. The Hall–Kier alpha value is -0.970. The van der Waals surface area contributed by atoms with Crippen LogP contribution in [0.3, 0.4) is 0 Å². The minimum absolute atomic E-state index is 0.0722. The second kappa shape index (κ2) is 5.80. The number of anilines is 1. The number of aryl methyl sites for hydroxylation is 1. The Morgan fingerprint density at radius 1 is 1.67 bits per heavy atom. The Labute approximate surface area is 94.1 Å².